The molecule has 1 N–H and O–H groups in total. The molecule has 1 aromatic heterocycles. The fourth-order valence-electron chi connectivity index (χ4n) is 3.02. The third-order valence-electron chi connectivity index (χ3n) is 4.35. The molecule has 3 aromatic rings. The highest BCUT2D eigenvalue weighted by Gasteiger charge is 2.20. The first-order chi connectivity index (χ1) is 13.0. The number of halogens is 1. The van der Waals surface area contributed by atoms with Crippen LogP contribution in [0.2, 0.25) is 0 Å². The Morgan fingerprint density at radius 2 is 1.89 bits per heavy atom. The number of methoxy groups -OCH3 is 1. The number of hydrogen-bond acceptors (Lipinski definition) is 4. The zero-order chi connectivity index (χ0) is 19.6. The van der Waals surface area contributed by atoms with E-state index in [-0.39, 0.29) is 16.5 Å². The van der Waals surface area contributed by atoms with Crippen LogP contribution in [0.4, 0.5) is 4.39 Å². The summed E-state index contributed by atoms with van der Waals surface area (Å²) in [6.07, 6.45) is 1.33. The third-order valence-corrected chi connectivity index (χ3v) is 4.35. The number of ether oxygens (including phenoxy) is 2. The monoisotopic (exact) mass is 371 g/mol. The van der Waals surface area contributed by atoms with Crippen molar-refractivity contribution in [1.29, 1.82) is 0 Å². The molecule has 0 saturated carbocycles. The van der Waals surface area contributed by atoms with E-state index in [1.54, 1.807) is 38.3 Å². The van der Waals surface area contributed by atoms with Crippen LogP contribution in [0.5, 0.6) is 11.5 Å². The number of benzene rings is 2. The molecule has 0 saturated heterocycles. The van der Waals surface area contributed by atoms with Crippen LogP contribution in [0.15, 0.2) is 47.4 Å². The summed E-state index contributed by atoms with van der Waals surface area (Å²) in [5.41, 5.74) is 0.696. The van der Waals surface area contributed by atoms with Gasteiger partial charge in [-0.15, -0.1) is 0 Å². The minimum absolute atomic E-state index is 0.0992. The number of rotatable bonds is 6. The molecule has 0 aliphatic carbocycles. The Bertz CT molecular complexity index is 1010. The summed E-state index contributed by atoms with van der Waals surface area (Å²) in [5.74, 6) is 0.368. The van der Waals surface area contributed by atoms with Gasteiger partial charge in [-0.1, -0.05) is 19.1 Å². The SMILES string of the molecule is CCCOc1ccc(F)c2c(=O)c(-c3ccc(OC)cc3)cn(C(C)O)c12. The van der Waals surface area contributed by atoms with Crippen molar-refractivity contribution in [3.8, 4) is 22.6 Å². The molecule has 27 heavy (non-hydrogen) atoms. The van der Waals surface area contributed by atoms with Crippen LogP contribution in [0.3, 0.4) is 0 Å². The van der Waals surface area contributed by atoms with E-state index in [0.717, 1.165) is 6.42 Å². The summed E-state index contributed by atoms with van der Waals surface area (Å²) < 4.78 is 26.9. The molecule has 0 fully saturated rings. The summed E-state index contributed by atoms with van der Waals surface area (Å²) in [6, 6.07) is 9.61. The van der Waals surface area contributed by atoms with Crippen molar-refractivity contribution in [2.75, 3.05) is 13.7 Å². The molecule has 1 unspecified atom stereocenters. The molecular formula is C21H22FNO4. The van der Waals surface area contributed by atoms with E-state index in [1.165, 1.54) is 22.9 Å². The molecule has 0 amide bonds. The molecule has 0 aliphatic heterocycles. The Kier molecular flexibility index (Phi) is 5.46. The quantitative estimate of drug-likeness (QED) is 0.708. The molecular weight excluding hydrogens is 349 g/mol. The molecule has 0 aliphatic rings. The minimum Gasteiger partial charge on any atom is -0.497 e. The Balaban J connectivity index is 2.33. The average molecular weight is 371 g/mol. The van der Waals surface area contributed by atoms with Crippen molar-refractivity contribution in [2.45, 2.75) is 26.5 Å². The van der Waals surface area contributed by atoms with E-state index in [0.29, 0.717) is 23.7 Å². The van der Waals surface area contributed by atoms with Gasteiger partial charge in [0.15, 0.2) is 5.43 Å². The lowest BCUT2D eigenvalue weighted by atomic mass is 10.0. The Labute approximate surface area is 156 Å². The maximum absolute atomic E-state index is 14.6. The maximum Gasteiger partial charge on any atom is 0.200 e. The van der Waals surface area contributed by atoms with Crippen LogP contribution in [-0.2, 0) is 0 Å². The van der Waals surface area contributed by atoms with Crippen LogP contribution in [0, 0.1) is 5.82 Å². The van der Waals surface area contributed by atoms with Crippen LogP contribution in [0.1, 0.15) is 26.5 Å². The van der Waals surface area contributed by atoms with E-state index >= 15 is 0 Å². The molecule has 3 rings (SSSR count). The van der Waals surface area contributed by atoms with Crippen molar-refractivity contribution in [1.82, 2.24) is 4.57 Å². The van der Waals surface area contributed by atoms with Gasteiger partial charge in [0, 0.05) is 11.8 Å². The summed E-state index contributed by atoms with van der Waals surface area (Å²) in [4.78, 5) is 13.1. The molecule has 142 valence electrons. The smallest absolute Gasteiger partial charge is 0.200 e. The molecule has 0 spiro atoms. The predicted octanol–water partition coefficient (Wildman–Crippen LogP) is 4.12. The third kappa shape index (κ3) is 3.53. The number of aliphatic hydroxyl groups excluding tert-OH is 1. The fraction of sp³-hybridized carbons (Fsp3) is 0.286. The first-order valence-corrected chi connectivity index (χ1v) is 8.80. The van der Waals surface area contributed by atoms with E-state index in [4.69, 9.17) is 9.47 Å². The Hall–Kier alpha value is -2.86. The number of fused-ring (bicyclic) bond motifs is 1. The average Bonchev–Trinajstić information content (AvgIpc) is 2.67. The van der Waals surface area contributed by atoms with Gasteiger partial charge in [0.05, 0.1) is 24.6 Å². The lowest BCUT2D eigenvalue weighted by Gasteiger charge is -2.19. The molecule has 5 nitrogen and oxygen atoms in total. The molecule has 1 atom stereocenters. The fourth-order valence-corrected chi connectivity index (χ4v) is 3.02. The summed E-state index contributed by atoms with van der Waals surface area (Å²) in [6.45, 7) is 3.93. The Morgan fingerprint density at radius 1 is 1.19 bits per heavy atom. The van der Waals surface area contributed by atoms with E-state index in [1.807, 2.05) is 6.92 Å². The second-order valence-corrected chi connectivity index (χ2v) is 6.26. The van der Waals surface area contributed by atoms with Crippen molar-refractivity contribution in [2.24, 2.45) is 0 Å². The summed E-state index contributed by atoms with van der Waals surface area (Å²) in [5, 5.41) is 10.2. The topological polar surface area (TPSA) is 60.7 Å². The molecule has 2 aromatic carbocycles. The van der Waals surface area contributed by atoms with Crippen LogP contribution in [0.25, 0.3) is 22.0 Å². The highest BCUT2D eigenvalue weighted by atomic mass is 19.1. The largest absolute Gasteiger partial charge is 0.497 e. The van der Waals surface area contributed by atoms with Gasteiger partial charge >= 0.3 is 0 Å². The molecule has 1 heterocycles. The first-order valence-electron chi connectivity index (χ1n) is 8.80. The molecule has 6 heteroatoms. The lowest BCUT2D eigenvalue weighted by Crippen LogP contribution is -2.17. The second-order valence-electron chi connectivity index (χ2n) is 6.26. The summed E-state index contributed by atoms with van der Waals surface area (Å²) >= 11 is 0. The standard InChI is InChI=1S/C21H22FNO4/c1-4-11-27-18-10-9-17(22)19-20(18)23(13(2)24)12-16(21(19)25)14-5-7-15(26-3)8-6-14/h5-10,12-13,24H,4,11H2,1-3H3. The zero-order valence-corrected chi connectivity index (χ0v) is 15.5. The van der Waals surface area contributed by atoms with E-state index < -0.39 is 17.5 Å². The van der Waals surface area contributed by atoms with Crippen molar-refractivity contribution >= 4 is 10.9 Å². The Morgan fingerprint density at radius 3 is 2.48 bits per heavy atom. The van der Waals surface area contributed by atoms with Crippen LogP contribution in [-0.4, -0.2) is 23.4 Å². The summed E-state index contributed by atoms with van der Waals surface area (Å²) in [7, 11) is 1.55. The van der Waals surface area contributed by atoms with Crippen molar-refractivity contribution in [3.63, 3.8) is 0 Å². The van der Waals surface area contributed by atoms with Gasteiger partial charge in [-0.2, -0.15) is 0 Å². The van der Waals surface area contributed by atoms with Gasteiger partial charge in [-0.25, -0.2) is 4.39 Å². The van der Waals surface area contributed by atoms with Crippen molar-refractivity contribution < 1.29 is 19.0 Å². The molecule has 0 radical (unpaired) electrons. The van der Waals surface area contributed by atoms with E-state index in [9.17, 15) is 14.3 Å². The van der Waals surface area contributed by atoms with Gasteiger partial charge in [-0.3, -0.25) is 4.79 Å². The number of pyridine rings is 1. The second kappa shape index (κ2) is 7.80. The maximum atomic E-state index is 14.6. The lowest BCUT2D eigenvalue weighted by molar-refractivity contribution is 0.128. The highest BCUT2D eigenvalue weighted by Crippen LogP contribution is 2.31. The number of hydrogen-bond donors (Lipinski definition) is 1. The van der Waals surface area contributed by atoms with Gasteiger partial charge in [-0.05, 0) is 43.2 Å². The molecule has 0 bridgehead atoms. The number of nitrogens with zero attached hydrogens (tertiary/aromatic N) is 1. The van der Waals surface area contributed by atoms with Gasteiger partial charge in [0.1, 0.15) is 23.5 Å². The predicted molar refractivity (Wildman–Crippen MR) is 103 cm³/mol. The van der Waals surface area contributed by atoms with Crippen molar-refractivity contribution in [3.05, 3.63) is 58.6 Å². The van der Waals surface area contributed by atoms with E-state index in [2.05, 4.69) is 0 Å². The van der Waals surface area contributed by atoms with Gasteiger partial charge < -0.3 is 19.1 Å². The van der Waals surface area contributed by atoms with Crippen LogP contribution >= 0.6 is 0 Å². The number of aromatic nitrogens is 1. The van der Waals surface area contributed by atoms with Gasteiger partial charge in [0.2, 0.25) is 0 Å². The van der Waals surface area contributed by atoms with Gasteiger partial charge in [0.25, 0.3) is 0 Å². The number of aliphatic hydroxyl groups is 1. The highest BCUT2D eigenvalue weighted by molar-refractivity contribution is 5.89. The first kappa shape index (κ1) is 18.9. The minimum atomic E-state index is -0.976. The normalized spacial score (nSPS) is 12.2. The zero-order valence-electron chi connectivity index (χ0n) is 15.5. The van der Waals surface area contributed by atoms with Crippen LogP contribution < -0.4 is 14.9 Å².